The van der Waals surface area contributed by atoms with Gasteiger partial charge in [-0.1, -0.05) is 96.8 Å². The van der Waals surface area contributed by atoms with Crippen LogP contribution < -0.4 is 11.5 Å². The van der Waals surface area contributed by atoms with Gasteiger partial charge in [-0.3, -0.25) is 0 Å². The van der Waals surface area contributed by atoms with E-state index in [1.165, 1.54) is 89.9 Å². The molecule has 0 radical (unpaired) electrons. The highest BCUT2D eigenvalue weighted by molar-refractivity contribution is 5.81. The van der Waals surface area contributed by atoms with E-state index < -0.39 is 0 Å². The van der Waals surface area contributed by atoms with Crippen molar-refractivity contribution < 1.29 is 0 Å². The van der Waals surface area contributed by atoms with Crippen molar-refractivity contribution in [1.82, 2.24) is 19.9 Å². The summed E-state index contributed by atoms with van der Waals surface area (Å²) in [7, 11) is 0. The van der Waals surface area contributed by atoms with E-state index in [4.69, 9.17) is 11.5 Å². The Hall–Kier alpha value is -1.98. The minimum absolute atomic E-state index is 0.138. The molecule has 0 aliphatic heterocycles. The number of rotatable bonds is 16. The molecule has 0 aliphatic carbocycles. The molecule has 0 bridgehead atoms. The minimum Gasteiger partial charge on any atom is -0.382 e. The molecule has 2 rings (SSSR count). The summed E-state index contributed by atoms with van der Waals surface area (Å²) in [5.41, 5.74) is 13.4. The molecule has 6 nitrogen and oxygen atoms in total. The first kappa shape index (κ1) is 23.3. The molecule has 2 aromatic heterocycles. The fraction of sp³-hybridized carbons (Fsp3) is 0.739. The fourth-order valence-corrected chi connectivity index (χ4v) is 3.78. The van der Waals surface area contributed by atoms with E-state index in [0.717, 1.165) is 18.5 Å². The first-order valence-electron chi connectivity index (χ1n) is 11.8. The molecule has 0 aromatic carbocycles. The second-order valence-corrected chi connectivity index (χ2v) is 8.20. The highest BCUT2D eigenvalue weighted by Gasteiger charge is 2.07. The van der Waals surface area contributed by atoms with E-state index in [0.29, 0.717) is 17.0 Å². The zero-order chi connectivity index (χ0) is 20.7. The Morgan fingerprint density at radius 2 is 1.17 bits per heavy atom. The van der Waals surface area contributed by atoms with Gasteiger partial charge in [0, 0.05) is 0 Å². The van der Waals surface area contributed by atoms with Gasteiger partial charge in [-0.15, -0.1) is 0 Å². The Kier molecular flexibility index (Phi) is 11.3. The zero-order valence-electron chi connectivity index (χ0n) is 18.3. The Bertz CT molecular complexity index is 703. The molecule has 0 saturated heterocycles. The van der Waals surface area contributed by atoms with Crippen LogP contribution in [-0.2, 0) is 6.42 Å². The molecule has 2 aromatic rings. The van der Waals surface area contributed by atoms with E-state index in [1.54, 1.807) is 6.20 Å². The molecular weight excluding hydrogens is 360 g/mol. The summed E-state index contributed by atoms with van der Waals surface area (Å²) < 4.78 is 0. The first-order valence-corrected chi connectivity index (χ1v) is 11.8. The summed E-state index contributed by atoms with van der Waals surface area (Å²) in [6, 6.07) is 0. The van der Waals surface area contributed by atoms with E-state index in [9.17, 15) is 0 Å². The van der Waals surface area contributed by atoms with Crippen LogP contribution in [0.15, 0.2) is 6.20 Å². The van der Waals surface area contributed by atoms with Gasteiger partial charge in [0.25, 0.3) is 0 Å². The number of nitrogens with zero attached hydrogens (tertiary/aromatic N) is 4. The van der Waals surface area contributed by atoms with Crippen LogP contribution in [0, 0.1) is 0 Å². The van der Waals surface area contributed by atoms with Crippen molar-refractivity contribution in [3.8, 4) is 0 Å². The van der Waals surface area contributed by atoms with E-state index in [2.05, 4.69) is 26.9 Å². The summed E-state index contributed by atoms with van der Waals surface area (Å²) in [4.78, 5) is 16.9. The van der Waals surface area contributed by atoms with Crippen LogP contribution in [0.1, 0.15) is 109 Å². The van der Waals surface area contributed by atoms with Crippen LogP contribution in [0.4, 0.5) is 11.8 Å². The highest BCUT2D eigenvalue weighted by Crippen LogP contribution is 2.17. The number of nitrogen functional groups attached to an aromatic ring is 2. The Morgan fingerprint density at radius 1 is 0.655 bits per heavy atom. The fourth-order valence-electron chi connectivity index (χ4n) is 3.78. The van der Waals surface area contributed by atoms with Crippen molar-refractivity contribution in [3.63, 3.8) is 0 Å². The third-order valence-corrected chi connectivity index (χ3v) is 5.54. The summed E-state index contributed by atoms with van der Waals surface area (Å²) in [6.45, 7) is 2.28. The van der Waals surface area contributed by atoms with E-state index >= 15 is 0 Å². The van der Waals surface area contributed by atoms with Crippen molar-refractivity contribution in [2.75, 3.05) is 11.5 Å². The number of nitrogens with two attached hydrogens (primary N) is 2. The normalized spacial score (nSPS) is 11.3. The minimum atomic E-state index is 0.138. The van der Waals surface area contributed by atoms with Gasteiger partial charge in [0.15, 0.2) is 17.0 Å². The van der Waals surface area contributed by atoms with Gasteiger partial charge in [-0.25, -0.2) is 9.97 Å². The molecular formula is C23H40N6. The largest absolute Gasteiger partial charge is 0.382 e. The number of unbranched alkanes of at least 4 members (excludes halogenated alkanes) is 14. The lowest BCUT2D eigenvalue weighted by atomic mass is 10.0. The maximum atomic E-state index is 5.88. The molecule has 0 fully saturated rings. The molecule has 0 aliphatic rings. The summed E-state index contributed by atoms with van der Waals surface area (Å²) in [5.74, 6) is 0.442. The van der Waals surface area contributed by atoms with Crippen molar-refractivity contribution in [1.29, 1.82) is 0 Å². The quantitative estimate of drug-likeness (QED) is 0.335. The summed E-state index contributed by atoms with van der Waals surface area (Å²) in [5, 5.41) is 0. The third kappa shape index (κ3) is 9.37. The first-order chi connectivity index (χ1) is 14.2. The van der Waals surface area contributed by atoms with Crippen molar-refractivity contribution >= 4 is 22.9 Å². The SMILES string of the molecule is CCCCCCCCCCCCCCCCCc1cnc2nc(N)nc(N)c2n1. The summed E-state index contributed by atoms with van der Waals surface area (Å²) in [6.07, 6.45) is 23.3. The second-order valence-electron chi connectivity index (χ2n) is 8.20. The lowest BCUT2D eigenvalue weighted by molar-refractivity contribution is 0.532. The predicted molar refractivity (Wildman–Crippen MR) is 123 cm³/mol. The lowest BCUT2D eigenvalue weighted by Gasteiger charge is -2.05. The van der Waals surface area contributed by atoms with Crippen LogP contribution in [0.5, 0.6) is 0 Å². The average Bonchev–Trinajstić information content (AvgIpc) is 2.71. The Morgan fingerprint density at radius 3 is 1.72 bits per heavy atom. The van der Waals surface area contributed by atoms with Gasteiger partial charge in [-0.2, -0.15) is 9.97 Å². The number of fused-ring (bicyclic) bond motifs is 1. The van der Waals surface area contributed by atoms with Gasteiger partial charge in [0.05, 0.1) is 11.9 Å². The second kappa shape index (κ2) is 14.1. The van der Waals surface area contributed by atoms with Crippen LogP contribution >= 0.6 is 0 Å². The number of hydrogen-bond acceptors (Lipinski definition) is 6. The van der Waals surface area contributed by atoms with Gasteiger partial charge < -0.3 is 11.5 Å². The summed E-state index contributed by atoms with van der Waals surface area (Å²) >= 11 is 0. The standard InChI is InChI=1S/C23H40N6/c1-2-3-4-5-6-7-8-9-10-11-12-13-14-15-16-17-19-18-26-22-20(27-19)21(24)28-23(25)29-22/h18H,2-17H2,1H3,(H4,24,25,26,28,29). The monoisotopic (exact) mass is 400 g/mol. The van der Waals surface area contributed by atoms with E-state index in [-0.39, 0.29) is 5.95 Å². The molecule has 0 amide bonds. The number of hydrogen-bond donors (Lipinski definition) is 2. The van der Waals surface area contributed by atoms with Gasteiger partial charge >= 0.3 is 0 Å². The zero-order valence-corrected chi connectivity index (χ0v) is 18.3. The smallest absolute Gasteiger partial charge is 0.224 e. The van der Waals surface area contributed by atoms with Gasteiger partial charge in [-0.05, 0) is 12.8 Å². The molecule has 162 valence electrons. The lowest BCUT2D eigenvalue weighted by Crippen LogP contribution is -2.04. The molecule has 4 N–H and O–H groups in total. The maximum absolute atomic E-state index is 5.88. The molecule has 2 heterocycles. The number of aromatic nitrogens is 4. The van der Waals surface area contributed by atoms with Crippen LogP contribution in [0.3, 0.4) is 0 Å². The highest BCUT2D eigenvalue weighted by atomic mass is 15.1. The predicted octanol–water partition coefficient (Wildman–Crippen LogP) is 6.00. The Labute approximate surface area is 176 Å². The van der Waals surface area contributed by atoms with Crippen molar-refractivity contribution in [2.45, 2.75) is 110 Å². The molecule has 0 atom stereocenters. The van der Waals surface area contributed by atoms with Gasteiger partial charge in [0.2, 0.25) is 5.95 Å². The van der Waals surface area contributed by atoms with Gasteiger partial charge in [0.1, 0.15) is 0 Å². The van der Waals surface area contributed by atoms with Crippen LogP contribution in [-0.4, -0.2) is 19.9 Å². The molecule has 6 heteroatoms. The third-order valence-electron chi connectivity index (χ3n) is 5.54. The van der Waals surface area contributed by atoms with E-state index in [1.807, 2.05) is 0 Å². The molecule has 0 unspecified atom stereocenters. The van der Waals surface area contributed by atoms with Crippen molar-refractivity contribution in [2.24, 2.45) is 0 Å². The molecule has 0 saturated carbocycles. The topological polar surface area (TPSA) is 104 Å². The average molecular weight is 401 g/mol. The Balaban J connectivity index is 1.45. The maximum Gasteiger partial charge on any atom is 0.224 e. The number of aryl methyl sites for hydroxylation is 1. The number of anilines is 2. The van der Waals surface area contributed by atoms with Crippen molar-refractivity contribution in [3.05, 3.63) is 11.9 Å². The van der Waals surface area contributed by atoms with Crippen LogP contribution in [0.2, 0.25) is 0 Å². The van der Waals surface area contributed by atoms with Crippen LogP contribution in [0.25, 0.3) is 11.2 Å². The molecule has 29 heavy (non-hydrogen) atoms. The molecule has 0 spiro atoms.